The van der Waals surface area contributed by atoms with Crippen molar-refractivity contribution in [3.05, 3.63) is 77.5 Å². The Morgan fingerprint density at radius 2 is 1.94 bits per heavy atom. The monoisotopic (exact) mass is 490 g/mol. The molecule has 1 saturated heterocycles. The number of benzene rings is 2. The number of methoxy groups -OCH3 is 1. The van der Waals surface area contributed by atoms with Gasteiger partial charge in [0, 0.05) is 49.8 Å². The van der Waals surface area contributed by atoms with E-state index in [4.69, 9.17) is 9.47 Å². The second-order valence-electron chi connectivity index (χ2n) is 8.74. The fraction of sp³-hybridized carbons (Fsp3) is 0.308. The molecular formula is C26H27FN6O3. The van der Waals surface area contributed by atoms with E-state index in [0.717, 1.165) is 24.0 Å². The van der Waals surface area contributed by atoms with Crippen molar-refractivity contribution in [1.29, 1.82) is 0 Å². The second-order valence-corrected chi connectivity index (χ2v) is 8.74. The fourth-order valence-corrected chi connectivity index (χ4v) is 4.28. The molecule has 2 aromatic carbocycles. The van der Waals surface area contributed by atoms with E-state index in [1.807, 2.05) is 30.5 Å². The maximum absolute atomic E-state index is 14.9. The Morgan fingerprint density at radius 3 is 2.64 bits per heavy atom. The largest absolute Gasteiger partial charge is 0.497 e. The van der Waals surface area contributed by atoms with Crippen molar-refractivity contribution < 1.29 is 18.7 Å². The number of ether oxygens (including phenoxy) is 2. The van der Waals surface area contributed by atoms with Gasteiger partial charge >= 0.3 is 0 Å². The van der Waals surface area contributed by atoms with Crippen LogP contribution in [0.15, 0.2) is 55.0 Å². The van der Waals surface area contributed by atoms with Gasteiger partial charge < -0.3 is 20.1 Å². The van der Waals surface area contributed by atoms with Crippen LogP contribution in [0.2, 0.25) is 0 Å². The summed E-state index contributed by atoms with van der Waals surface area (Å²) >= 11 is 0. The summed E-state index contributed by atoms with van der Waals surface area (Å²) in [6.45, 7) is 1.35. The average molecular weight is 491 g/mol. The third kappa shape index (κ3) is 5.13. The van der Waals surface area contributed by atoms with Crippen LogP contribution in [-0.2, 0) is 11.8 Å². The van der Waals surface area contributed by atoms with Crippen molar-refractivity contribution in [2.24, 2.45) is 7.05 Å². The van der Waals surface area contributed by atoms with Gasteiger partial charge in [-0.1, -0.05) is 12.1 Å². The highest BCUT2D eigenvalue weighted by molar-refractivity contribution is 5.98. The van der Waals surface area contributed by atoms with Gasteiger partial charge in [-0.3, -0.25) is 9.48 Å². The third-order valence-electron chi connectivity index (χ3n) is 6.25. The number of aryl methyl sites for hydroxylation is 1. The summed E-state index contributed by atoms with van der Waals surface area (Å²) in [6.07, 6.45) is 6.66. The molecule has 1 amide bonds. The molecule has 0 radical (unpaired) electrons. The van der Waals surface area contributed by atoms with E-state index < -0.39 is 17.8 Å². The van der Waals surface area contributed by atoms with Gasteiger partial charge in [-0.2, -0.15) is 5.10 Å². The Labute approximate surface area is 207 Å². The Kier molecular flexibility index (Phi) is 6.77. The van der Waals surface area contributed by atoms with E-state index in [2.05, 4.69) is 25.7 Å². The number of fused-ring (bicyclic) bond motifs is 1. The van der Waals surface area contributed by atoms with Crippen molar-refractivity contribution in [3.63, 3.8) is 0 Å². The van der Waals surface area contributed by atoms with Crippen LogP contribution in [0.3, 0.4) is 0 Å². The van der Waals surface area contributed by atoms with Crippen LogP contribution in [0.25, 0.3) is 10.9 Å². The predicted octanol–water partition coefficient (Wildman–Crippen LogP) is 3.62. The minimum Gasteiger partial charge on any atom is -0.497 e. The minimum atomic E-state index is -0.558. The molecule has 4 aromatic rings. The summed E-state index contributed by atoms with van der Waals surface area (Å²) in [5, 5.41) is 10.8. The molecule has 0 saturated carbocycles. The zero-order chi connectivity index (χ0) is 25.1. The van der Waals surface area contributed by atoms with Gasteiger partial charge in [0.2, 0.25) is 5.95 Å². The zero-order valence-electron chi connectivity index (χ0n) is 20.1. The molecule has 0 spiro atoms. The molecule has 1 aliphatic rings. The lowest BCUT2D eigenvalue weighted by Crippen LogP contribution is -2.29. The van der Waals surface area contributed by atoms with Gasteiger partial charge in [0.1, 0.15) is 11.6 Å². The number of carbonyl (C=O) groups excluding carboxylic acids is 1. The standard InChI is InChI=1S/C26H27FN6O3/c1-33-15-18(13-29-33)24(16-3-5-20(35-2)6-4-16)32-25(34)17-11-22(27)21-14-28-26(31-23(21)12-17)30-19-7-9-36-10-8-19/h3-6,11-15,19,24H,7-10H2,1-2H3,(H,32,34)(H,28,30,31). The van der Waals surface area contributed by atoms with Crippen LogP contribution in [0.1, 0.15) is 40.4 Å². The number of carbonyl (C=O) groups is 1. The molecule has 36 heavy (non-hydrogen) atoms. The van der Waals surface area contributed by atoms with Crippen LogP contribution in [-0.4, -0.2) is 52.0 Å². The van der Waals surface area contributed by atoms with Crippen LogP contribution in [0.5, 0.6) is 5.75 Å². The predicted molar refractivity (Wildman–Crippen MR) is 132 cm³/mol. The van der Waals surface area contributed by atoms with Crippen molar-refractivity contribution in [3.8, 4) is 5.75 Å². The topological polar surface area (TPSA) is 103 Å². The van der Waals surface area contributed by atoms with Crippen molar-refractivity contribution in [2.75, 3.05) is 25.6 Å². The maximum atomic E-state index is 14.9. The molecule has 1 aliphatic heterocycles. The molecule has 2 N–H and O–H groups in total. The molecule has 10 heteroatoms. The highest BCUT2D eigenvalue weighted by Gasteiger charge is 2.21. The summed E-state index contributed by atoms with van der Waals surface area (Å²) in [5.41, 5.74) is 2.15. The van der Waals surface area contributed by atoms with Gasteiger partial charge in [-0.05, 0) is 42.7 Å². The number of anilines is 1. The van der Waals surface area contributed by atoms with Crippen molar-refractivity contribution >= 4 is 22.8 Å². The number of amides is 1. The molecular weight excluding hydrogens is 463 g/mol. The number of nitrogens with one attached hydrogen (secondary N) is 2. The van der Waals surface area contributed by atoms with Crippen molar-refractivity contribution in [1.82, 2.24) is 25.1 Å². The number of hydrogen-bond acceptors (Lipinski definition) is 7. The second kappa shape index (κ2) is 10.3. The van der Waals surface area contributed by atoms with Gasteiger partial charge in [0.25, 0.3) is 5.91 Å². The van der Waals surface area contributed by atoms with E-state index >= 15 is 0 Å². The van der Waals surface area contributed by atoms with E-state index in [-0.39, 0.29) is 17.0 Å². The highest BCUT2D eigenvalue weighted by Crippen LogP contribution is 2.26. The van der Waals surface area contributed by atoms with Crippen molar-refractivity contribution in [2.45, 2.75) is 24.9 Å². The quantitative estimate of drug-likeness (QED) is 0.408. The molecule has 0 bridgehead atoms. The number of nitrogens with zero attached hydrogens (tertiary/aromatic N) is 4. The van der Waals surface area contributed by atoms with E-state index in [1.165, 1.54) is 12.3 Å². The summed E-state index contributed by atoms with van der Waals surface area (Å²) in [6, 6.07) is 9.89. The summed E-state index contributed by atoms with van der Waals surface area (Å²) < 4.78 is 27.2. The molecule has 9 nitrogen and oxygen atoms in total. The molecule has 3 heterocycles. The molecule has 5 rings (SSSR count). The van der Waals surface area contributed by atoms with E-state index in [0.29, 0.717) is 30.4 Å². The first-order valence-electron chi connectivity index (χ1n) is 11.7. The van der Waals surface area contributed by atoms with E-state index in [1.54, 1.807) is 31.1 Å². The lowest BCUT2D eigenvalue weighted by Gasteiger charge is -2.23. The van der Waals surface area contributed by atoms with Crippen LogP contribution >= 0.6 is 0 Å². The SMILES string of the molecule is COc1ccc(C(NC(=O)c2cc(F)c3cnc(NC4CCOCC4)nc3c2)c2cnn(C)c2)cc1. The van der Waals surface area contributed by atoms with Crippen LogP contribution in [0, 0.1) is 5.82 Å². The number of aromatic nitrogens is 4. The minimum absolute atomic E-state index is 0.165. The molecule has 1 unspecified atom stereocenters. The van der Waals surface area contributed by atoms with Gasteiger partial charge in [0.05, 0.1) is 30.3 Å². The van der Waals surface area contributed by atoms with Gasteiger partial charge in [-0.25, -0.2) is 14.4 Å². The summed E-state index contributed by atoms with van der Waals surface area (Å²) in [7, 11) is 3.40. The molecule has 186 valence electrons. The highest BCUT2D eigenvalue weighted by atomic mass is 19.1. The lowest BCUT2D eigenvalue weighted by atomic mass is 10.0. The average Bonchev–Trinajstić information content (AvgIpc) is 3.33. The van der Waals surface area contributed by atoms with Crippen LogP contribution < -0.4 is 15.4 Å². The summed E-state index contributed by atoms with van der Waals surface area (Å²) in [4.78, 5) is 22.1. The van der Waals surface area contributed by atoms with Gasteiger partial charge in [0.15, 0.2) is 0 Å². The number of halogens is 1. The number of rotatable bonds is 7. The molecule has 1 fully saturated rings. The maximum Gasteiger partial charge on any atom is 0.252 e. The van der Waals surface area contributed by atoms with Gasteiger partial charge in [-0.15, -0.1) is 0 Å². The Morgan fingerprint density at radius 1 is 1.17 bits per heavy atom. The van der Waals surface area contributed by atoms with E-state index in [9.17, 15) is 9.18 Å². The van der Waals surface area contributed by atoms with Crippen LogP contribution in [0.4, 0.5) is 10.3 Å². The Bertz CT molecular complexity index is 1370. The molecule has 1 atom stereocenters. The fourth-order valence-electron chi connectivity index (χ4n) is 4.28. The Balaban J connectivity index is 1.43. The normalized spacial score (nSPS) is 15.0. The smallest absolute Gasteiger partial charge is 0.252 e. The lowest BCUT2D eigenvalue weighted by molar-refractivity contribution is 0.0903. The molecule has 2 aromatic heterocycles. The first kappa shape index (κ1) is 23.7. The number of hydrogen-bond donors (Lipinski definition) is 2. The first-order valence-corrected chi connectivity index (χ1v) is 11.7. The first-order chi connectivity index (χ1) is 17.5. The molecule has 0 aliphatic carbocycles. The Hall–Kier alpha value is -4.05. The zero-order valence-corrected chi connectivity index (χ0v) is 20.1. The third-order valence-corrected chi connectivity index (χ3v) is 6.25. The summed E-state index contributed by atoms with van der Waals surface area (Å²) in [5.74, 6) is 0.116.